The molecular formula is C30H32ClN5O4. The molecular weight excluding hydrogens is 530 g/mol. The summed E-state index contributed by atoms with van der Waals surface area (Å²) in [6.07, 6.45) is 4.72. The van der Waals surface area contributed by atoms with Crippen molar-refractivity contribution >= 4 is 34.7 Å². The van der Waals surface area contributed by atoms with Crippen LogP contribution in [-0.2, 0) is 22.6 Å². The third-order valence-electron chi connectivity index (χ3n) is 7.08. The summed E-state index contributed by atoms with van der Waals surface area (Å²) in [5.74, 6) is 1.04. The van der Waals surface area contributed by atoms with Gasteiger partial charge in [-0.15, -0.1) is 0 Å². The van der Waals surface area contributed by atoms with Crippen molar-refractivity contribution in [3.05, 3.63) is 88.2 Å². The number of fused-ring (bicyclic) bond motifs is 1. The molecule has 0 bridgehead atoms. The lowest BCUT2D eigenvalue weighted by Gasteiger charge is -2.33. The number of rotatable bonds is 10. The molecule has 1 aliphatic heterocycles. The number of ether oxygens (including phenoxy) is 2. The van der Waals surface area contributed by atoms with Crippen molar-refractivity contribution in [2.75, 3.05) is 24.6 Å². The first-order valence-electron chi connectivity index (χ1n) is 13.5. The van der Waals surface area contributed by atoms with Gasteiger partial charge >= 0.3 is 12.0 Å². The molecule has 2 aromatic heterocycles. The minimum absolute atomic E-state index is 0.0281. The number of piperidine rings is 1. The number of benzene rings is 2. The van der Waals surface area contributed by atoms with Gasteiger partial charge in [-0.3, -0.25) is 14.2 Å². The number of hydrogen-bond acceptors (Lipinski definition) is 7. The molecule has 1 aliphatic rings. The van der Waals surface area contributed by atoms with Crippen LogP contribution in [-0.4, -0.2) is 44.8 Å². The van der Waals surface area contributed by atoms with Gasteiger partial charge in [0, 0.05) is 18.1 Å². The lowest BCUT2D eigenvalue weighted by Crippen LogP contribution is -2.37. The van der Waals surface area contributed by atoms with Crippen LogP contribution in [0.5, 0.6) is 11.8 Å². The number of nitrogens with zero attached hydrogens (tertiary/aromatic N) is 5. The van der Waals surface area contributed by atoms with Crippen LogP contribution in [0.4, 0.5) is 5.95 Å². The Morgan fingerprint density at radius 2 is 1.90 bits per heavy atom. The summed E-state index contributed by atoms with van der Waals surface area (Å²) in [5.41, 5.74) is 0.897. The van der Waals surface area contributed by atoms with Crippen molar-refractivity contribution in [3.63, 3.8) is 0 Å². The molecule has 0 aliphatic carbocycles. The van der Waals surface area contributed by atoms with Crippen LogP contribution in [0.2, 0.25) is 5.02 Å². The molecule has 40 heavy (non-hydrogen) atoms. The van der Waals surface area contributed by atoms with E-state index in [4.69, 9.17) is 26.1 Å². The predicted octanol–water partition coefficient (Wildman–Crippen LogP) is 5.44. The average Bonchev–Trinajstić information content (AvgIpc) is 3.33. The largest absolute Gasteiger partial charge is 0.460 e. The highest BCUT2D eigenvalue weighted by Crippen LogP contribution is 2.30. The van der Waals surface area contributed by atoms with Gasteiger partial charge in [0.2, 0.25) is 5.95 Å². The molecule has 1 atom stereocenters. The van der Waals surface area contributed by atoms with Gasteiger partial charge in [-0.05, 0) is 42.5 Å². The molecule has 0 saturated carbocycles. The fourth-order valence-corrected chi connectivity index (χ4v) is 5.18. The van der Waals surface area contributed by atoms with E-state index in [0.717, 1.165) is 37.9 Å². The summed E-state index contributed by atoms with van der Waals surface area (Å²) < 4.78 is 14.3. The van der Waals surface area contributed by atoms with E-state index in [9.17, 15) is 9.59 Å². The van der Waals surface area contributed by atoms with E-state index < -0.39 is 11.5 Å². The maximum atomic E-state index is 14.2. The highest BCUT2D eigenvalue weighted by Gasteiger charge is 2.28. The Morgan fingerprint density at radius 3 is 2.65 bits per heavy atom. The first-order chi connectivity index (χ1) is 19.5. The number of esters is 1. The zero-order valence-corrected chi connectivity index (χ0v) is 23.2. The van der Waals surface area contributed by atoms with Gasteiger partial charge in [0.05, 0.1) is 6.54 Å². The third-order valence-corrected chi connectivity index (χ3v) is 7.45. The fraction of sp³-hybridized carbons (Fsp3) is 0.333. The number of carbonyl (C=O) groups is 1. The summed E-state index contributed by atoms with van der Waals surface area (Å²) in [6.45, 7) is 7.38. The Labute approximate surface area is 237 Å². The normalized spacial score (nSPS) is 15.2. The molecule has 10 heteroatoms. The van der Waals surface area contributed by atoms with Crippen LogP contribution in [0.15, 0.2) is 72.0 Å². The van der Waals surface area contributed by atoms with Crippen LogP contribution in [0.25, 0.3) is 11.2 Å². The lowest BCUT2D eigenvalue weighted by molar-refractivity contribution is -0.143. The first kappa shape index (κ1) is 27.5. The number of imidazole rings is 1. The highest BCUT2D eigenvalue weighted by atomic mass is 35.5. The van der Waals surface area contributed by atoms with Gasteiger partial charge in [-0.1, -0.05) is 74.0 Å². The number of anilines is 1. The molecule has 208 valence electrons. The predicted molar refractivity (Wildman–Crippen MR) is 155 cm³/mol. The molecule has 0 unspecified atom stereocenters. The Kier molecular flexibility index (Phi) is 8.50. The standard InChI is InChI=1S/C30H32ClN5O4/c1-3-17-39-25(37)20-36-28(38)26-27(33-30(36)40-23-13-6-5-7-14-23)32-29(34-16-10-11-21(4-2)18-34)35(26)19-22-12-8-9-15-24(22)31/h3,5-9,12-15,21H,1,4,10-11,16-20H2,2H3/t21-/m1/s1. The summed E-state index contributed by atoms with van der Waals surface area (Å²) in [5, 5.41) is 0.589. The average molecular weight is 562 g/mol. The van der Waals surface area contributed by atoms with Gasteiger partial charge in [-0.2, -0.15) is 9.97 Å². The smallest absolute Gasteiger partial charge is 0.326 e. The number of halogens is 1. The maximum absolute atomic E-state index is 14.2. The summed E-state index contributed by atoms with van der Waals surface area (Å²) in [7, 11) is 0. The molecule has 1 saturated heterocycles. The summed E-state index contributed by atoms with van der Waals surface area (Å²) in [4.78, 5) is 38.6. The zero-order chi connectivity index (χ0) is 28.1. The van der Waals surface area contributed by atoms with Crippen molar-refractivity contribution in [1.82, 2.24) is 19.1 Å². The minimum atomic E-state index is -0.611. The molecule has 9 nitrogen and oxygen atoms in total. The molecule has 4 aromatic rings. The topological polar surface area (TPSA) is 91.5 Å². The monoisotopic (exact) mass is 561 g/mol. The van der Waals surface area contributed by atoms with Crippen LogP contribution in [0, 0.1) is 5.92 Å². The molecule has 0 N–H and O–H groups in total. The van der Waals surface area contributed by atoms with E-state index in [1.54, 1.807) is 12.1 Å². The fourth-order valence-electron chi connectivity index (χ4n) is 4.99. The van der Waals surface area contributed by atoms with Crippen LogP contribution in [0.1, 0.15) is 31.7 Å². The Hall–Kier alpha value is -4.11. The van der Waals surface area contributed by atoms with Crippen molar-refractivity contribution in [3.8, 4) is 11.8 Å². The molecule has 0 spiro atoms. The molecule has 0 radical (unpaired) electrons. The molecule has 0 amide bonds. The molecule has 2 aromatic carbocycles. The van der Waals surface area contributed by atoms with E-state index in [0.29, 0.717) is 29.2 Å². The van der Waals surface area contributed by atoms with E-state index in [1.807, 2.05) is 47.0 Å². The minimum Gasteiger partial charge on any atom is -0.460 e. The van der Waals surface area contributed by atoms with Crippen molar-refractivity contribution in [1.29, 1.82) is 0 Å². The molecule has 1 fully saturated rings. The van der Waals surface area contributed by atoms with Crippen molar-refractivity contribution < 1.29 is 14.3 Å². The summed E-state index contributed by atoms with van der Waals surface area (Å²) in [6, 6.07) is 16.4. The highest BCUT2D eigenvalue weighted by molar-refractivity contribution is 6.31. The lowest BCUT2D eigenvalue weighted by atomic mass is 9.96. The van der Waals surface area contributed by atoms with E-state index in [1.165, 1.54) is 10.6 Å². The van der Waals surface area contributed by atoms with E-state index in [-0.39, 0.29) is 30.3 Å². The van der Waals surface area contributed by atoms with Gasteiger partial charge in [-0.25, -0.2) is 4.57 Å². The second-order valence-corrected chi connectivity index (χ2v) is 10.2. The van der Waals surface area contributed by atoms with Crippen LogP contribution in [0.3, 0.4) is 0 Å². The number of aromatic nitrogens is 4. The van der Waals surface area contributed by atoms with Gasteiger partial charge in [0.1, 0.15) is 18.9 Å². The van der Waals surface area contributed by atoms with E-state index >= 15 is 0 Å². The van der Waals surface area contributed by atoms with Crippen LogP contribution < -0.4 is 15.2 Å². The third kappa shape index (κ3) is 5.89. The second-order valence-electron chi connectivity index (χ2n) is 9.80. The van der Waals surface area contributed by atoms with Crippen molar-refractivity contribution in [2.24, 2.45) is 5.92 Å². The van der Waals surface area contributed by atoms with Gasteiger partial charge in [0.25, 0.3) is 5.56 Å². The Balaban J connectivity index is 1.68. The first-order valence-corrected chi connectivity index (χ1v) is 13.8. The number of hydrogen-bond donors (Lipinski definition) is 0. The SMILES string of the molecule is C=CCOC(=O)Cn1c(Oc2ccccc2)nc2nc(N3CCC[C@@H](CC)C3)n(Cc3ccccc3Cl)c2c1=O. The second kappa shape index (κ2) is 12.4. The molecule has 5 rings (SSSR count). The Bertz CT molecular complexity index is 1570. The molecule has 3 heterocycles. The van der Waals surface area contributed by atoms with Gasteiger partial charge in [0.15, 0.2) is 11.2 Å². The van der Waals surface area contributed by atoms with Crippen LogP contribution >= 0.6 is 11.6 Å². The number of carbonyl (C=O) groups excluding carboxylic acids is 1. The quantitative estimate of drug-likeness (QED) is 0.188. The Morgan fingerprint density at radius 1 is 1.12 bits per heavy atom. The number of para-hydroxylation sites is 1. The van der Waals surface area contributed by atoms with Gasteiger partial charge < -0.3 is 14.4 Å². The van der Waals surface area contributed by atoms with Crippen molar-refractivity contribution in [2.45, 2.75) is 39.3 Å². The van der Waals surface area contributed by atoms with E-state index in [2.05, 4.69) is 23.4 Å². The zero-order valence-electron chi connectivity index (χ0n) is 22.5. The summed E-state index contributed by atoms with van der Waals surface area (Å²) >= 11 is 6.54. The maximum Gasteiger partial charge on any atom is 0.326 e.